The van der Waals surface area contributed by atoms with Gasteiger partial charge in [0.15, 0.2) is 0 Å². The van der Waals surface area contributed by atoms with E-state index in [4.69, 9.17) is 5.84 Å². The van der Waals surface area contributed by atoms with Crippen LogP contribution in [0.3, 0.4) is 0 Å². The highest BCUT2D eigenvalue weighted by Crippen LogP contribution is 2.27. The van der Waals surface area contributed by atoms with Crippen molar-refractivity contribution in [2.24, 2.45) is 17.7 Å². The van der Waals surface area contributed by atoms with Gasteiger partial charge in [-0.25, -0.2) is 10.8 Å². The summed E-state index contributed by atoms with van der Waals surface area (Å²) >= 11 is 0. The third-order valence-corrected chi connectivity index (χ3v) is 4.26. The Balaban J connectivity index is 2.33. The topological polar surface area (TPSA) is 71.2 Å². The Morgan fingerprint density at radius 1 is 1.29 bits per heavy atom. The maximum absolute atomic E-state index is 12.7. The van der Waals surface area contributed by atoms with Crippen molar-refractivity contribution in [3.05, 3.63) is 23.4 Å². The summed E-state index contributed by atoms with van der Waals surface area (Å²) in [7, 11) is 0. The molecule has 0 aromatic carbocycles. The monoisotopic (exact) mass is 290 g/mol. The van der Waals surface area contributed by atoms with Crippen LogP contribution < -0.4 is 11.3 Å². The van der Waals surface area contributed by atoms with Gasteiger partial charge in [0.1, 0.15) is 5.82 Å². The standard InChI is InChI=1S/C16H26N4O/c1-10-8-20(9-11(10)2)15(21)12-6-13(16(3,4)5)18-14(7-12)19-17/h6-7,10-11H,8-9,17H2,1-5H3,(H,18,19). The van der Waals surface area contributed by atoms with E-state index in [-0.39, 0.29) is 11.3 Å². The molecule has 5 nitrogen and oxygen atoms in total. The molecule has 1 saturated heterocycles. The number of anilines is 1. The minimum atomic E-state index is -0.131. The molecule has 2 heterocycles. The lowest BCUT2D eigenvalue weighted by Gasteiger charge is -2.21. The van der Waals surface area contributed by atoms with Crippen molar-refractivity contribution in [2.75, 3.05) is 18.5 Å². The van der Waals surface area contributed by atoms with E-state index in [0.29, 0.717) is 23.2 Å². The van der Waals surface area contributed by atoms with Crippen LogP contribution in [0.25, 0.3) is 0 Å². The Morgan fingerprint density at radius 3 is 2.33 bits per heavy atom. The van der Waals surface area contributed by atoms with E-state index >= 15 is 0 Å². The smallest absolute Gasteiger partial charge is 0.254 e. The van der Waals surface area contributed by atoms with Crippen molar-refractivity contribution in [3.8, 4) is 0 Å². The zero-order valence-corrected chi connectivity index (χ0v) is 13.6. The van der Waals surface area contributed by atoms with Crippen molar-refractivity contribution in [3.63, 3.8) is 0 Å². The zero-order chi connectivity index (χ0) is 15.8. The number of aromatic nitrogens is 1. The van der Waals surface area contributed by atoms with Crippen LogP contribution in [-0.2, 0) is 5.41 Å². The molecule has 1 amide bonds. The van der Waals surface area contributed by atoms with Gasteiger partial charge in [0, 0.05) is 29.8 Å². The van der Waals surface area contributed by atoms with Crippen LogP contribution in [0.4, 0.5) is 5.82 Å². The van der Waals surface area contributed by atoms with Crippen molar-refractivity contribution < 1.29 is 4.79 Å². The number of pyridine rings is 1. The Kier molecular flexibility index (Phi) is 4.23. The number of nitrogens with zero attached hydrogens (tertiary/aromatic N) is 2. The molecule has 1 aliphatic rings. The van der Waals surface area contributed by atoms with Crippen molar-refractivity contribution >= 4 is 11.7 Å². The number of likely N-dealkylation sites (tertiary alicyclic amines) is 1. The van der Waals surface area contributed by atoms with Crippen molar-refractivity contribution in [1.29, 1.82) is 0 Å². The first-order chi connectivity index (χ1) is 9.72. The lowest BCUT2D eigenvalue weighted by Crippen LogP contribution is -2.29. The number of rotatable bonds is 2. The fourth-order valence-electron chi connectivity index (χ4n) is 2.59. The molecule has 0 saturated carbocycles. The molecule has 2 rings (SSSR count). The maximum atomic E-state index is 12.7. The van der Waals surface area contributed by atoms with Crippen LogP contribution in [0.1, 0.15) is 50.7 Å². The molecule has 3 N–H and O–H groups in total. The van der Waals surface area contributed by atoms with Crippen molar-refractivity contribution in [1.82, 2.24) is 9.88 Å². The van der Waals surface area contributed by atoms with Gasteiger partial charge >= 0.3 is 0 Å². The molecular weight excluding hydrogens is 264 g/mol. The number of amides is 1. The fraction of sp³-hybridized carbons (Fsp3) is 0.625. The number of carbonyl (C=O) groups excluding carboxylic acids is 1. The second-order valence-corrected chi connectivity index (χ2v) is 7.19. The van der Waals surface area contributed by atoms with Crippen LogP contribution in [0.15, 0.2) is 12.1 Å². The average molecular weight is 290 g/mol. The summed E-state index contributed by atoms with van der Waals surface area (Å²) < 4.78 is 0. The summed E-state index contributed by atoms with van der Waals surface area (Å²) in [5.41, 5.74) is 3.95. The van der Waals surface area contributed by atoms with Crippen LogP contribution in [0, 0.1) is 11.8 Å². The summed E-state index contributed by atoms with van der Waals surface area (Å²) in [6.07, 6.45) is 0. The first kappa shape index (κ1) is 15.8. The Morgan fingerprint density at radius 2 is 1.86 bits per heavy atom. The largest absolute Gasteiger partial charge is 0.338 e. The van der Waals surface area contributed by atoms with E-state index in [9.17, 15) is 4.79 Å². The van der Waals surface area contributed by atoms with Gasteiger partial charge in [0.05, 0.1) is 0 Å². The third kappa shape index (κ3) is 3.35. The molecule has 116 valence electrons. The number of hydrogen-bond acceptors (Lipinski definition) is 4. The molecule has 0 radical (unpaired) electrons. The normalized spacial score (nSPS) is 22.5. The maximum Gasteiger partial charge on any atom is 0.254 e. The number of nitrogens with one attached hydrogen (secondary N) is 1. The van der Waals surface area contributed by atoms with Crippen LogP contribution in [0.5, 0.6) is 0 Å². The second-order valence-electron chi connectivity index (χ2n) is 7.19. The van der Waals surface area contributed by atoms with Crippen LogP contribution >= 0.6 is 0 Å². The first-order valence-electron chi connectivity index (χ1n) is 7.51. The minimum Gasteiger partial charge on any atom is -0.338 e. The van der Waals surface area contributed by atoms with Crippen LogP contribution in [-0.4, -0.2) is 28.9 Å². The van der Waals surface area contributed by atoms with Gasteiger partial charge in [-0.05, 0) is 24.0 Å². The van der Waals surface area contributed by atoms with E-state index in [2.05, 4.69) is 45.0 Å². The summed E-state index contributed by atoms with van der Waals surface area (Å²) in [5, 5.41) is 0. The highest BCUT2D eigenvalue weighted by Gasteiger charge is 2.30. The minimum absolute atomic E-state index is 0.0654. The number of carbonyl (C=O) groups is 1. The van der Waals surface area contributed by atoms with Gasteiger partial charge in [-0.15, -0.1) is 0 Å². The fourth-order valence-corrected chi connectivity index (χ4v) is 2.59. The van der Waals surface area contributed by atoms with Gasteiger partial charge in [-0.2, -0.15) is 0 Å². The number of nitrogen functional groups attached to an aromatic ring is 1. The quantitative estimate of drug-likeness (QED) is 0.648. The van der Waals surface area contributed by atoms with E-state index in [1.807, 2.05) is 11.0 Å². The van der Waals surface area contributed by atoms with Gasteiger partial charge in [-0.3, -0.25) is 4.79 Å². The van der Waals surface area contributed by atoms with Gasteiger partial charge in [0.2, 0.25) is 0 Å². The molecule has 2 atom stereocenters. The van der Waals surface area contributed by atoms with E-state index in [0.717, 1.165) is 18.8 Å². The molecular formula is C16H26N4O. The Hall–Kier alpha value is -1.62. The number of nitrogens with two attached hydrogens (primary N) is 1. The molecule has 1 aromatic heterocycles. The lowest BCUT2D eigenvalue weighted by atomic mass is 9.90. The predicted octanol–water partition coefficient (Wildman–Crippen LogP) is 2.39. The molecule has 0 bridgehead atoms. The molecule has 1 aliphatic heterocycles. The van der Waals surface area contributed by atoms with E-state index in [1.165, 1.54) is 0 Å². The Labute approximate surface area is 126 Å². The molecule has 1 fully saturated rings. The summed E-state index contributed by atoms with van der Waals surface area (Å²) in [6.45, 7) is 12.2. The highest BCUT2D eigenvalue weighted by atomic mass is 16.2. The van der Waals surface area contributed by atoms with E-state index < -0.39 is 0 Å². The third-order valence-electron chi connectivity index (χ3n) is 4.26. The molecule has 2 unspecified atom stereocenters. The molecule has 5 heteroatoms. The number of hydrogen-bond donors (Lipinski definition) is 2. The van der Waals surface area contributed by atoms with Crippen molar-refractivity contribution in [2.45, 2.75) is 40.0 Å². The highest BCUT2D eigenvalue weighted by molar-refractivity contribution is 5.95. The first-order valence-corrected chi connectivity index (χ1v) is 7.51. The second kappa shape index (κ2) is 5.64. The SMILES string of the molecule is CC1CN(C(=O)c2cc(NN)nc(C(C)(C)C)c2)CC1C. The van der Waals surface area contributed by atoms with Gasteiger partial charge in [-0.1, -0.05) is 34.6 Å². The Bertz CT molecular complexity index is 526. The zero-order valence-electron chi connectivity index (χ0n) is 13.6. The van der Waals surface area contributed by atoms with Gasteiger partial charge < -0.3 is 10.3 Å². The predicted molar refractivity (Wildman–Crippen MR) is 85.0 cm³/mol. The van der Waals surface area contributed by atoms with E-state index in [1.54, 1.807) is 6.07 Å². The molecule has 0 aliphatic carbocycles. The molecule has 21 heavy (non-hydrogen) atoms. The van der Waals surface area contributed by atoms with Crippen LogP contribution in [0.2, 0.25) is 0 Å². The summed E-state index contributed by atoms with van der Waals surface area (Å²) in [4.78, 5) is 19.1. The summed E-state index contributed by atoms with van der Waals surface area (Å²) in [5.74, 6) is 7.18. The molecule has 0 spiro atoms. The number of hydrazine groups is 1. The summed E-state index contributed by atoms with van der Waals surface area (Å²) in [6, 6.07) is 3.61. The average Bonchev–Trinajstić information content (AvgIpc) is 2.76. The van der Waals surface area contributed by atoms with Gasteiger partial charge in [0.25, 0.3) is 5.91 Å². The molecule has 1 aromatic rings. The lowest BCUT2D eigenvalue weighted by molar-refractivity contribution is 0.0784.